The van der Waals surface area contributed by atoms with Crippen molar-refractivity contribution >= 4 is 40.2 Å². The third kappa shape index (κ3) is 5.04. The van der Waals surface area contributed by atoms with Crippen molar-refractivity contribution in [3.05, 3.63) is 105 Å². The van der Waals surface area contributed by atoms with Crippen LogP contribution in [0, 0.1) is 11.3 Å². The number of rotatable bonds is 4. The van der Waals surface area contributed by atoms with Gasteiger partial charge in [-0.05, 0) is 46.5 Å². The van der Waals surface area contributed by atoms with Crippen molar-refractivity contribution in [3.8, 4) is 6.07 Å². The van der Waals surface area contributed by atoms with Crippen molar-refractivity contribution in [1.29, 1.82) is 5.26 Å². The lowest BCUT2D eigenvalue weighted by molar-refractivity contribution is 1.48. The lowest BCUT2D eigenvalue weighted by Gasteiger charge is -1.98. The highest BCUT2D eigenvalue weighted by molar-refractivity contribution is 9.10. The average Bonchev–Trinajstić information content (AvgIpc) is 2.67. The second-order valence-electron chi connectivity index (χ2n) is 5.62. The Kier molecular flexibility index (Phi) is 5.61. The molecule has 0 unspecified atom stereocenters. The summed E-state index contributed by atoms with van der Waals surface area (Å²) in [6, 6.07) is 26.3. The van der Waals surface area contributed by atoms with Crippen LogP contribution >= 0.6 is 15.9 Å². The molecule has 0 aliphatic rings. The molecule has 0 radical (unpaired) electrons. The number of hydrogen-bond acceptors (Lipinski definition) is 1. The van der Waals surface area contributed by atoms with E-state index < -0.39 is 0 Å². The normalized spacial score (nSPS) is 11.0. The summed E-state index contributed by atoms with van der Waals surface area (Å²) in [6.07, 6.45) is 8.34. The maximum absolute atomic E-state index is 8.82. The number of benzene rings is 3. The molecule has 3 aromatic carbocycles. The van der Waals surface area contributed by atoms with E-state index in [-0.39, 0.29) is 0 Å². The van der Waals surface area contributed by atoms with Gasteiger partial charge < -0.3 is 0 Å². The van der Waals surface area contributed by atoms with Crippen molar-refractivity contribution in [2.24, 2.45) is 0 Å². The van der Waals surface area contributed by atoms with Gasteiger partial charge in [-0.15, -0.1) is 0 Å². The monoisotopic (exact) mass is 385 g/mol. The lowest BCUT2D eigenvalue weighted by Crippen LogP contribution is -1.77. The van der Waals surface area contributed by atoms with Gasteiger partial charge in [0, 0.05) is 4.47 Å². The van der Waals surface area contributed by atoms with Crippen molar-refractivity contribution in [1.82, 2.24) is 0 Å². The second kappa shape index (κ2) is 8.28. The van der Waals surface area contributed by atoms with E-state index in [0.29, 0.717) is 5.56 Å². The highest BCUT2D eigenvalue weighted by Gasteiger charge is 1.92. The predicted octanol–water partition coefficient (Wildman–Crippen LogP) is 6.66. The number of nitrogens with zero attached hydrogens (tertiary/aromatic N) is 1. The van der Waals surface area contributed by atoms with Gasteiger partial charge in [-0.1, -0.05) is 88.8 Å². The van der Waals surface area contributed by atoms with Crippen LogP contribution in [0.5, 0.6) is 0 Å². The van der Waals surface area contributed by atoms with Crippen molar-refractivity contribution in [3.63, 3.8) is 0 Å². The van der Waals surface area contributed by atoms with E-state index in [2.05, 4.69) is 76.6 Å². The Morgan fingerprint density at radius 2 is 0.880 bits per heavy atom. The smallest absolute Gasteiger partial charge is 0.0991 e. The first-order valence-corrected chi connectivity index (χ1v) is 8.74. The number of nitriles is 1. The van der Waals surface area contributed by atoms with Gasteiger partial charge in [0.25, 0.3) is 0 Å². The largest absolute Gasteiger partial charge is 0.192 e. The van der Waals surface area contributed by atoms with Crippen LogP contribution in [-0.2, 0) is 0 Å². The van der Waals surface area contributed by atoms with Gasteiger partial charge in [0.1, 0.15) is 0 Å². The van der Waals surface area contributed by atoms with Crippen LogP contribution in [-0.4, -0.2) is 0 Å². The zero-order valence-electron chi connectivity index (χ0n) is 13.6. The maximum atomic E-state index is 8.82. The van der Waals surface area contributed by atoms with E-state index in [1.54, 1.807) is 0 Å². The summed E-state index contributed by atoms with van der Waals surface area (Å²) in [6.45, 7) is 0. The van der Waals surface area contributed by atoms with Gasteiger partial charge in [-0.25, -0.2) is 0 Å². The Balaban J connectivity index is 1.66. The Bertz CT molecular complexity index is 925. The molecule has 0 N–H and O–H groups in total. The molecule has 0 bridgehead atoms. The van der Waals surface area contributed by atoms with Crippen LogP contribution in [0.2, 0.25) is 0 Å². The Hall–Kier alpha value is -2.89. The van der Waals surface area contributed by atoms with Crippen LogP contribution in [0.15, 0.2) is 77.3 Å². The number of halogens is 1. The highest BCUT2D eigenvalue weighted by Crippen LogP contribution is 2.15. The molecule has 0 aromatic heterocycles. The van der Waals surface area contributed by atoms with Crippen LogP contribution < -0.4 is 0 Å². The molecule has 0 saturated heterocycles. The predicted molar refractivity (Wildman–Crippen MR) is 110 cm³/mol. The molecule has 1 nitrogen and oxygen atoms in total. The van der Waals surface area contributed by atoms with E-state index in [0.717, 1.165) is 15.6 Å². The van der Waals surface area contributed by atoms with Crippen LogP contribution in [0.4, 0.5) is 0 Å². The fourth-order valence-electron chi connectivity index (χ4n) is 2.35. The zero-order chi connectivity index (χ0) is 17.5. The SMILES string of the molecule is N#Cc1ccc(/C=C/c2ccc(/C=C/c3ccc(Br)cc3)cc2)cc1. The van der Waals surface area contributed by atoms with Crippen molar-refractivity contribution < 1.29 is 0 Å². The molecule has 3 aromatic rings. The molecular weight excluding hydrogens is 370 g/mol. The molecule has 120 valence electrons. The molecule has 3 rings (SSSR count). The minimum absolute atomic E-state index is 0.680. The van der Waals surface area contributed by atoms with Crippen LogP contribution in [0.25, 0.3) is 24.3 Å². The van der Waals surface area contributed by atoms with Crippen molar-refractivity contribution in [2.75, 3.05) is 0 Å². The summed E-state index contributed by atoms with van der Waals surface area (Å²) in [4.78, 5) is 0. The van der Waals surface area contributed by atoms with Crippen LogP contribution in [0.1, 0.15) is 27.8 Å². The first kappa shape index (κ1) is 17.0. The molecule has 0 aliphatic carbocycles. The van der Waals surface area contributed by atoms with Gasteiger partial charge in [0.05, 0.1) is 11.6 Å². The maximum Gasteiger partial charge on any atom is 0.0991 e. The molecule has 0 heterocycles. The van der Waals surface area contributed by atoms with Gasteiger partial charge >= 0.3 is 0 Å². The average molecular weight is 386 g/mol. The Morgan fingerprint density at radius 3 is 1.24 bits per heavy atom. The van der Waals surface area contributed by atoms with E-state index in [9.17, 15) is 0 Å². The summed E-state index contributed by atoms with van der Waals surface area (Å²) in [7, 11) is 0. The molecular formula is C23H16BrN. The molecule has 2 heteroatoms. The number of hydrogen-bond donors (Lipinski definition) is 0. The van der Waals surface area contributed by atoms with Gasteiger partial charge in [0.2, 0.25) is 0 Å². The summed E-state index contributed by atoms with van der Waals surface area (Å²) in [5, 5.41) is 8.82. The Morgan fingerprint density at radius 1 is 0.560 bits per heavy atom. The topological polar surface area (TPSA) is 23.8 Å². The summed E-state index contributed by atoms with van der Waals surface area (Å²) in [5.41, 5.74) is 5.24. The molecule has 0 spiro atoms. The van der Waals surface area contributed by atoms with Gasteiger partial charge in [-0.3, -0.25) is 0 Å². The lowest BCUT2D eigenvalue weighted by atomic mass is 10.1. The summed E-state index contributed by atoms with van der Waals surface area (Å²) < 4.78 is 1.09. The minimum Gasteiger partial charge on any atom is -0.192 e. The molecule has 0 aliphatic heterocycles. The third-order valence-corrected chi connectivity index (χ3v) is 4.31. The van der Waals surface area contributed by atoms with Gasteiger partial charge in [-0.2, -0.15) is 5.26 Å². The highest BCUT2D eigenvalue weighted by atomic mass is 79.9. The molecule has 0 amide bonds. The fraction of sp³-hybridized carbons (Fsp3) is 0. The third-order valence-electron chi connectivity index (χ3n) is 3.78. The van der Waals surface area contributed by atoms with Crippen LogP contribution in [0.3, 0.4) is 0 Å². The first-order chi connectivity index (χ1) is 12.2. The zero-order valence-corrected chi connectivity index (χ0v) is 15.1. The van der Waals surface area contributed by atoms with Gasteiger partial charge in [0.15, 0.2) is 0 Å². The minimum atomic E-state index is 0.680. The fourth-order valence-corrected chi connectivity index (χ4v) is 2.61. The first-order valence-electron chi connectivity index (χ1n) is 7.95. The summed E-state index contributed by atoms with van der Waals surface area (Å²) >= 11 is 3.44. The van der Waals surface area contributed by atoms with E-state index in [4.69, 9.17) is 5.26 Å². The molecule has 0 saturated carbocycles. The van der Waals surface area contributed by atoms with E-state index in [1.165, 1.54) is 11.1 Å². The van der Waals surface area contributed by atoms with E-state index in [1.807, 2.05) is 42.5 Å². The quantitative estimate of drug-likeness (QED) is 0.460. The standard InChI is InChI=1S/C23H16BrN/c24-23-15-13-21(14-16-23)8-7-19-3-1-18(2-4-19)5-6-20-9-11-22(17-25)12-10-20/h1-16H/b6-5+,8-7+. The molecule has 0 fully saturated rings. The summed E-state index contributed by atoms with van der Waals surface area (Å²) in [5.74, 6) is 0. The molecule has 25 heavy (non-hydrogen) atoms. The van der Waals surface area contributed by atoms with Crippen molar-refractivity contribution in [2.45, 2.75) is 0 Å². The Labute approximate surface area is 156 Å². The van der Waals surface area contributed by atoms with E-state index >= 15 is 0 Å². The molecule has 0 atom stereocenters. The second-order valence-corrected chi connectivity index (χ2v) is 6.53.